The number of hydrogen-bond acceptors (Lipinski definition) is 1. The Bertz CT molecular complexity index is 161. The third kappa shape index (κ3) is 1.54. The van der Waals surface area contributed by atoms with Gasteiger partial charge in [-0.1, -0.05) is 24.3 Å². The fourth-order valence-electron chi connectivity index (χ4n) is 1.72. The van der Waals surface area contributed by atoms with Gasteiger partial charge in [0.15, 0.2) is 0 Å². The maximum atomic E-state index is 5.40. The minimum atomic E-state index is 0.659. The molecule has 0 N–H and O–H groups in total. The van der Waals surface area contributed by atoms with Crippen LogP contribution in [-0.4, -0.2) is 13.2 Å². The second-order valence-corrected chi connectivity index (χ2v) is 3.30. The van der Waals surface area contributed by atoms with Gasteiger partial charge in [-0.05, 0) is 12.8 Å². The molecule has 1 saturated heterocycles. The van der Waals surface area contributed by atoms with Crippen molar-refractivity contribution < 1.29 is 4.74 Å². The van der Waals surface area contributed by atoms with Crippen LogP contribution in [0.3, 0.4) is 0 Å². The lowest BCUT2D eigenvalue weighted by molar-refractivity contribution is 0.187. The van der Waals surface area contributed by atoms with Crippen molar-refractivity contribution in [3.8, 4) is 0 Å². The number of hydrogen-bond donors (Lipinski definition) is 0. The molecule has 0 saturated carbocycles. The Balaban J connectivity index is 2.09. The van der Waals surface area contributed by atoms with Gasteiger partial charge in [-0.2, -0.15) is 0 Å². The highest BCUT2D eigenvalue weighted by atomic mass is 16.5. The van der Waals surface area contributed by atoms with Crippen LogP contribution >= 0.6 is 0 Å². The molecule has 1 aliphatic heterocycles. The Morgan fingerprint density at radius 2 is 1.45 bits per heavy atom. The molecule has 0 aromatic rings. The van der Waals surface area contributed by atoms with Crippen LogP contribution in [0.25, 0.3) is 0 Å². The maximum absolute atomic E-state index is 5.40. The average molecular weight is 150 g/mol. The normalized spacial score (nSPS) is 42.2. The van der Waals surface area contributed by atoms with E-state index in [0.717, 1.165) is 13.2 Å². The lowest BCUT2D eigenvalue weighted by Gasteiger charge is -2.10. The van der Waals surface area contributed by atoms with Crippen LogP contribution in [0.2, 0.25) is 0 Å². The SMILES string of the molecule is C1=C\[C@@H]2COC[C@@H]2/C=C\CC/1. The standard InChI is InChI=1S/C10H14O/c1-2-4-6-10-8-11-7-9(10)5-3-1/h3-6,9-10H,1-2,7-8H2/b5-3-,6-4-/t9-,10+. The molecule has 0 bridgehead atoms. The fraction of sp³-hybridized carbons (Fsp3) is 0.600. The summed E-state index contributed by atoms with van der Waals surface area (Å²) in [5.41, 5.74) is 0. The van der Waals surface area contributed by atoms with Crippen LogP contribution in [0.1, 0.15) is 12.8 Å². The highest BCUT2D eigenvalue weighted by molar-refractivity contribution is 5.05. The lowest BCUT2D eigenvalue weighted by atomic mass is 9.93. The van der Waals surface area contributed by atoms with Crippen LogP contribution in [-0.2, 0) is 4.74 Å². The van der Waals surface area contributed by atoms with E-state index in [1.165, 1.54) is 12.8 Å². The summed E-state index contributed by atoms with van der Waals surface area (Å²) in [4.78, 5) is 0. The molecule has 2 aliphatic rings. The maximum Gasteiger partial charge on any atom is 0.0535 e. The summed E-state index contributed by atoms with van der Waals surface area (Å²) < 4.78 is 5.40. The van der Waals surface area contributed by atoms with Crippen molar-refractivity contribution in [1.82, 2.24) is 0 Å². The Kier molecular flexibility index (Phi) is 2.08. The molecule has 0 aromatic carbocycles. The highest BCUT2D eigenvalue weighted by Gasteiger charge is 2.23. The summed E-state index contributed by atoms with van der Waals surface area (Å²) in [6.45, 7) is 1.84. The van der Waals surface area contributed by atoms with Crippen molar-refractivity contribution in [2.24, 2.45) is 11.8 Å². The molecule has 0 unspecified atom stereocenters. The van der Waals surface area contributed by atoms with Gasteiger partial charge in [0.1, 0.15) is 0 Å². The van der Waals surface area contributed by atoms with Gasteiger partial charge in [-0.3, -0.25) is 0 Å². The molecule has 60 valence electrons. The van der Waals surface area contributed by atoms with Crippen molar-refractivity contribution in [2.75, 3.05) is 13.2 Å². The smallest absolute Gasteiger partial charge is 0.0535 e. The van der Waals surface area contributed by atoms with E-state index < -0.39 is 0 Å². The quantitative estimate of drug-likeness (QED) is 0.481. The predicted octanol–water partition coefficient (Wildman–Crippen LogP) is 2.16. The van der Waals surface area contributed by atoms with Gasteiger partial charge in [0.2, 0.25) is 0 Å². The predicted molar refractivity (Wildman–Crippen MR) is 45.3 cm³/mol. The zero-order valence-electron chi connectivity index (χ0n) is 6.70. The zero-order valence-corrected chi connectivity index (χ0v) is 6.70. The number of rotatable bonds is 0. The van der Waals surface area contributed by atoms with Crippen LogP contribution in [0, 0.1) is 11.8 Å². The molecule has 0 aromatic heterocycles. The Labute approximate surface area is 67.7 Å². The van der Waals surface area contributed by atoms with E-state index in [1.807, 2.05) is 0 Å². The third-order valence-electron chi connectivity index (χ3n) is 2.44. The summed E-state index contributed by atoms with van der Waals surface area (Å²) in [6.07, 6.45) is 11.6. The van der Waals surface area contributed by atoms with E-state index in [-0.39, 0.29) is 0 Å². The second-order valence-electron chi connectivity index (χ2n) is 3.30. The second kappa shape index (κ2) is 3.22. The summed E-state index contributed by atoms with van der Waals surface area (Å²) in [6, 6.07) is 0. The van der Waals surface area contributed by atoms with Crippen molar-refractivity contribution >= 4 is 0 Å². The van der Waals surface area contributed by atoms with E-state index in [4.69, 9.17) is 4.74 Å². The summed E-state index contributed by atoms with van der Waals surface area (Å²) in [5.74, 6) is 1.32. The number of fused-ring (bicyclic) bond motifs is 1. The van der Waals surface area contributed by atoms with Crippen molar-refractivity contribution in [1.29, 1.82) is 0 Å². The molecule has 0 spiro atoms. The van der Waals surface area contributed by atoms with Crippen molar-refractivity contribution in [3.63, 3.8) is 0 Å². The van der Waals surface area contributed by atoms with Gasteiger partial charge >= 0.3 is 0 Å². The molecule has 11 heavy (non-hydrogen) atoms. The average Bonchev–Trinajstić information content (AvgIpc) is 2.35. The number of ether oxygens (including phenoxy) is 1. The molecule has 0 amide bonds. The van der Waals surface area contributed by atoms with Gasteiger partial charge in [-0.25, -0.2) is 0 Å². The summed E-state index contributed by atoms with van der Waals surface area (Å²) in [5, 5.41) is 0. The Morgan fingerprint density at radius 3 is 2.00 bits per heavy atom. The largest absolute Gasteiger partial charge is 0.380 e. The van der Waals surface area contributed by atoms with Gasteiger partial charge in [0, 0.05) is 11.8 Å². The first-order valence-electron chi connectivity index (χ1n) is 4.38. The molecule has 0 radical (unpaired) electrons. The van der Waals surface area contributed by atoms with Crippen molar-refractivity contribution in [2.45, 2.75) is 12.8 Å². The molecule has 1 heteroatoms. The van der Waals surface area contributed by atoms with E-state index in [9.17, 15) is 0 Å². The molecular weight excluding hydrogens is 136 g/mol. The number of allylic oxidation sites excluding steroid dienone is 2. The summed E-state index contributed by atoms with van der Waals surface area (Å²) in [7, 11) is 0. The molecule has 1 heterocycles. The van der Waals surface area contributed by atoms with Gasteiger partial charge in [0.25, 0.3) is 0 Å². The van der Waals surface area contributed by atoms with Gasteiger partial charge in [-0.15, -0.1) is 0 Å². The first-order chi connectivity index (χ1) is 5.47. The third-order valence-corrected chi connectivity index (χ3v) is 2.44. The summed E-state index contributed by atoms with van der Waals surface area (Å²) >= 11 is 0. The highest BCUT2D eigenvalue weighted by Crippen LogP contribution is 2.24. The van der Waals surface area contributed by atoms with Crippen LogP contribution in [0.4, 0.5) is 0 Å². The molecule has 2 atom stereocenters. The van der Waals surface area contributed by atoms with E-state index >= 15 is 0 Å². The molecule has 1 fully saturated rings. The Morgan fingerprint density at radius 1 is 0.909 bits per heavy atom. The topological polar surface area (TPSA) is 9.23 Å². The fourth-order valence-corrected chi connectivity index (χ4v) is 1.72. The lowest BCUT2D eigenvalue weighted by Crippen LogP contribution is -2.07. The minimum Gasteiger partial charge on any atom is -0.380 e. The molecular formula is C10H14O. The molecule has 2 rings (SSSR count). The van der Waals surface area contributed by atoms with Crippen LogP contribution < -0.4 is 0 Å². The van der Waals surface area contributed by atoms with Gasteiger partial charge in [0.05, 0.1) is 13.2 Å². The first kappa shape index (κ1) is 7.11. The molecule has 1 aliphatic carbocycles. The van der Waals surface area contributed by atoms with Crippen LogP contribution in [0.5, 0.6) is 0 Å². The van der Waals surface area contributed by atoms with Gasteiger partial charge < -0.3 is 4.74 Å². The van der Waals surface area contributed by atoms with E-state index in [1.54, 1.807) is 0 Å². The molecule has 1 nitrogen and oxygen atoms in total. The minimum absolute atomic E-state index is 0.659. The van der Waals surface area contributed by atoms with E-state index in [2.05, 4.69) is 24.3 Å². The monoisotopic (exact) mass is 150 g/mol. The Hall–Kier alpha value is -0.560. The van der Waals surface area contributed by atoms with E-state index in [0.29, 0.717) is 11.8 Å². The van der Waals surface area contributed by atoms with Crippen LogP contribution in [0.15, 0.2) is 24.3 Å². The first-order valence-corrected chi connectivity index (χ1v) is 4.38. The zero-order chi connectivity index (χ0) is 7.52. The van der Waals surface area contributed by atoms with Crippen molar-refractivity contribution in [3.05, 3.63) is 24.3 Å².